The molecule has 3 heterocycles. The molecule has 0 radical (unpaired) electrons. The summed E-state index contributed by atoms with van der Waals surface area (Å²) in [5.41, 5.74) is 2.75. The Kier molecular flexibility index (Phi) is 5.51. The van der Waals surface area contributed by atoms with E-state index in [-0.39, 0.29) is 11.9 Å². The first-order valence-electron chi connectivity index (χ1n) is 10.5. The number of aromatic nitrogens is 1. The number of hydrogen-bond acceptors (Lipinski definition) is 6. The van der Waals surface area contributed by atoms with E-state index in [1.54, 1.807) is 0 Å². The van der Waals surface area contributed by atoms with Crippen LogP contribution in [0.15, 0.2) is 47.8 Å². The number of rotatable bonds is 5. The number of hydrogen-bond donors (Lipinski definition) is 0. The van der Waals surface area contributed by atoms with Crippen molar-refractivity contribution in [3.63, 3.8) is 0 Å². The zero-order valence-electron chi connectivity index (χ0n) is 17.4. The summed E-state index contributed by atoms with van der Waals surface area (Å²) in [7, 11) is 0. The van der Waals surface area contributed by atoms with Crippen molar-refractivity contribution >= 4 is 17.2 Å². The van der Waals surface area contributed by atoms with Crippen LogP contribution in [-0.4, -0.2) is 35.5 Å². The fourth-order valence-electron chi connectivity index (χ4n) is 4.03. The van der Waals surface area contributed by atoms with Crippen molar-refractivity contribution in [3.05, 3.63) is 69.7 Å². The number of carbonyl (C=O) groups is 1. The summed E-state index contributed by atoms with van der Waals surface area (Å²) in [5, 5.41) is 2.62. The van der Waals surface area contributed by atoms with E-state index < -0.39 is 0 Å². The van der Waals surface area contributed by atoms with Gasteiger partial charge in [0.05, 0.1) is 6.04 Å². The molecule has 6 nitrogen and oxygen atoms in total. The quantitative estimate of drug-likeness (QED) is 0.576. The molecule has 5 rings (SSSR count). The molecule has 1 amide bonds. The summed E-state index contributed by atoms with van der Waals surface area (Å²) in [6.07, 6.45) is 1.90. The van der Waals surface area contributed by atoms with Gasteiger partial charge in [-0.05, 0) is 49.6 Å². The lowest BCUT2D eigenvalue weighted by atomic mass is 10.0. The number of aryl methyl sites for hydroxylation is 1. The molecule has 2 aromatic carbocycles. The van der Waals surface area contributed by atoms with E-state index in [1.165, 1.54) is 16.9 Å². The van der Waals surface area contributed by atoms with Crippen LogP contribution in [0.2, 0.25) is 0 Å². The summed E-state index contributed by atoms with van der Waals surface area (Å²) in [5.74, 6) is 2.29. The SMILES string of the molecule is Cc1ccc(OCc2nc(C(=O)N3CCCC3c3ccc4c(c3)OCCO4)cs2)cc1. The highest BCUT2D eigenvalue weighted by Gasteiger charge is 2.32. The molecule has 0 N–H and O–H groups in total. The van der Waals surface area contributed by atoms with Crippen molar-refractivity contribution < 1.29 is 19.0 Å². The molecule has 1 aromatic heterocycles. The number of likely N-dealkylation sites (tertiary alicyclic amines) is 1. The number of nitrogens with zero attached hydrogens (tertiary/aromatic N) is 2. The minimum Gasteiger partial charge on any atom is -0.486 e. The van der Waals surface area contributed by atoms with Gasteiger partial charge < -0.3 is 19.1 Å². The largest absolute Gasteiger partial charge is 0.486 e. The first-order valence-corrected chi connectivity index (χ1v) is 11.4. The molecule has 1 saturated heterocycles. The van der Waals surface area contributed by atoms with E-state index in [4.69, 9.17) is 14.2 Å². The molecule has 1 atom stereocenters. The fraction of sp³-hybridized carbons (Fsp3) is 0.333. The van der Waals surface area contributed by atoms with E-state index in [0.29, 0.717) is 25.5 Å². The molecule has 0 bridgehead atoms. The van der Waals surface area contributed by atoms with Gasteiger partial charge in [-0.15, -0.1) is 11.3 Å². The topological polar surface area (TPSA) is 60.9 Å². The van der Waals surface area contributed by atoms with Crippen LogP contribution in [-0.2, 0) is 6.61 Å². The van der Waals surface area contributed by atoms with Gasteiger partial charge >= 0.3 is 0 Å². The van der Waals surface area contributed by atoms with Gasteiger partial charge in [0.15, 0.2) is 11.5 Å². The van der Waals surface area contributed by atoms with E-state index in [1.807, 2.05) is 59.7 Å². The zero-order chi connectivity index (χ0) is 21.2. The molecule has 1 unspecified atom stereocenters. The molecular formula is C24H24N2O4S. The Morgan fingerprint density at radius 1 is 1.16 bits per heavy atom. The molecule has 0 spiro atoms. The number of thiazole rings is 1. The van der Waals surface area contributed by atoms with Crippen molar-refractivity contribution in [1.29, 1.82) is 0 Å². The normalized spacial score (nSPS) is 17.6. The second kappa shape index (κ2) is 8.59. The highest BCUT2D eigenvalue weighted by Crippen LogP contribution is 2.38. The lowest BCUT2D eigenvalue weighted by molar-refractivity contribution is 0.0729. The Hall–Kier alpha value is -3.06. The summed E-state index contributed by atoms with van der Waals surface area (Å²) in [6.45, 7) is 4.24. The van der Waals surface area contributed by atoms with Crippen LogP contribution in [0.1, 0.15) is 45.5 Å². The van der Waals surface area contributed by atoms with Gasteiger partial charge in [-0.3, -0.25) is 4.79 Å². The van der Waals surface area contributed by atoms with Crippen molar-refractivity contribution in [3.8, 4) is 17.2 Å². The number of benzene rings is 2. The smallest absolute Gasteiger partial charge is 0.273 e. The van der Waals surface area contributed by atoms with Crippen LogP contribution in [0.4, 0.5) is 0 Å². The third-order valence-corrected chi connectivity index (χ3v) is 6.44. The Labute approximate surface area is 185 Å². The van der Waals surface area contributed by atoms with Crippen LogP contribution >= 0.6 is 11.3 Å². The fourth-order valence-corrected chi connectivity index (χ4v) is 4.70. The molecule has 1 fully saturated rings. The van der Waals surface area contributed by atoms with Gasteiger partial charge in [-0.25, -0.2) is 4.98 Å². The van der Waals surface area contributed by atoms with Gasteiger partial charge in [0, 0.05) is 11.9 Å². The molecule has 160 valence electrons. The zero-order valence-corrected chi connectivity index (χ0v) is 18.2. The van der Waals surface area contributed by atoms with Crippen LogP contribution in [0, 0.1) is 6.92 Å². The molecule has 2 aliphatic rings. The maximum atomic E-state index is 13.2. The Morgan fingerprint density at radius 3 is 2.81 bits per heavy atom. The summed E-state index contributed by atoms with van der Waals surface area (Å²) >= 11 is 1.45. The minimum atomic E-state index is -0.0322. The maximum absolute atomic E-state index is 13.2. The first kappa shape index (κ1) is 19.9. The lowest BCUT2D eigenvalue weighted by Crippen LogP contribution is -2.31. The van der Waals surface area contributed by atoms with E-state index in [2.05, 4.69) is 4.98 Å². The third kappa shape index (κ3) is 4.23. The van der Waals surface area contributed by atoms with Crippen molar-refractivity contribution in [2.75, 3.05) is 19.8 Å². The van der Waals surface area contributed by atoms with Crippen LogP contribution < -0.4 is 14.2 Å². The first-order chi connectivity index (χ1) is 15.2. The van der Waals surface area contributed by atoms with Gasteiger partial charge in [0.25, 0.3) is 5.91 Å². The minimum absolute atomic E-state index is 0.0253. The van der Waals surface area contributed by atoms with Gasteiger partial charge in [-0.1, -0.05) is 23.8 Å². The molecular weight excluding hydrogens is 412 g/mol. The van der Waals surface area contributed by atoms with E-state index >= 15 is 0 Å². The number of amides is 1. The van der Waals surface area contributed by atoms with E-state index in [9.17, 15) is 4.79 Å². The average molecular weight is 437 g/mol. The predicted octanol–water partition coefficient (Wildman–Crippen LogP) is 4.78. The van der Waals surface area contributed by atoms with Gasteiger partial charge in [0.2, 0.25) is 0 Å². The number of carbonyl (C=O) groups excluding carboxylic acids is 1. The van der Waals surface area contributed by atoms with Crippen molar-refractivity contribution in [1.82, 2.24) is 9.88 Å². The van der Waals surface area contributed by atoms with Crippen LogP contribution in [0.3, 0.4) is 0 Å². The standard InChI is InChI=1S/C24H24N2O4S/c1-16-4-7-18(8-5-16)30-14-23-25-19(15-31-23)24(27)26-10-2-3-20(26)17-6-9-21-22(13-17)29-12-11-28-21/h4-9,13,15,20H,2-3,10-12,14H2,1H3. The summed E-state index contributed by atoms with van der Waals surface area (Å²) < 4.78 is 17.2. The Balaban J connectivity index is 1.27. The number of ether oxygens (including phenoxy) is 3. The maximum Gasteiger partial charge on any atom is 0.273 e. The lowest BCUT2D eigenvalue weighted by Gasteiger charge is -2.26. The van der Waals surface area contributed by atoms with Gasteiger partial charge in [0.1, 0.15) is 36.3 Å². The van der Waals surface area contributed by atoms with Crippen molar-refractivity contribution in [2.24, 2.45) is 0 Å². The average Bonchev–Trinajstić information content (AvgIpc) is 3.48. The molecule has 2 aliphatic heterocycles. The van der Waals surface area contributed by atoms with Crippen molar-refractivity contribution in [2.45, 2.75) is 32.4 Å². The highest BCUT2D eigenvalue weighted by molar-refractivity contribution is 7.09. The monoisotopic (exact) mass is 436 g/mol. The summed E-state index contributed by atoms with van der Waals surface area (Å²) in [4.78, 5) is 19.7. The predicted molar refractivity (Wildman–Crippen MR) is 118 cm³/mol. The Bertz CT molecular complexity index is 1080. The number of fused-ring (bicyclic) bond motifs is 1. The van der Waals surface area contributed by atoms with Crippen LogP contribution in [0.25, 0.3) is 0 Å². The molecule has 7 heteroatoms. The molecule has 3 aromatic rings. The second-order valence-corrected chi connectivity index (χ2v) is 8.73. The molecule has 31 heavy (non-hydrogen) atoms. The Morgan fingerprint density at radius 2 is 1.97 bits per heavy atom. The third-order valence-electron chi connectivity index (χ3n) is 5.62. The highest BCUT2D eigenvalue weighted by atomic mass is 32.1. The van der Waals surface area contributed by atoms with E-state index in [0.717, 1.165) is 47.2 Å². The summed E-state index contributed by atoms with van der Waals surface area (Å²) in [6, 6.07) is 13.9. The van der Waals surface area contributed by atoms with Gasteiger partial charge in [-0.2, -0.15) is 0 Å². The molecule has 0 saturated carbocycles. The molecule has 0 aliphatic carbocycles. The second-order valence-electron chi connectivity index (χ2n) is 7.79. The van der Waals surface area contributed by atoms with Crippen LogP contribution in [0.5, 0.6) is 17.2 Å².